The molecule has 0 heterocycles. The second kappa shape index (κ2) is 9.50. The summed E-state index contributed by atoms with van der Waals surface area (Å²) in [6.07, 6.45) is 10.5. The summed E-state index contributed by atoms with van der Waals surface area (Å²) in [6.45, 7) is 2.90. The van der Waals surface area contributed by atoms with Gasteiger partial charge in [0.2, 0.25) is 5.91 Å². The van der Waals surface area contributed by atoms with E-state index in [1.807, 2.05) is 24.3 Å². The molecule has 1 aliphatic carbocycles. The van der Waals surface area contributed by atoms with Crippen LogP contribution in [0.15, 0.2) is 24.3 Å². The van der Waals surface area contributed by atoms with Crippen molar-refractivity contribution in [2.45, 2.75) is 64.7 Å². The molecule has 0 unspecified atom stereocenters. The van der Waals surface area contributed by atoms with Gasteiger partial charge in [-0.3, -0.25) is 4.79 Å². The molecule has 1 saturated carbocycles. The quantitative estimate of drug-likeness (QED) is 0.673. The molecule has 0 aliphatic heterocycles. The van der Waals surface area contributed by atoms with Crippen LogP contribution in [0.25, 0.3) is 0 Å². The summed E-state index contributed by atoms with van der Waals surface area (Å²) in [4.78, 5) is 12.0. The van der Waals surface area contributed by atoms with Crippen LogP contribution >= 0.6 is 0 Å². The standard InChI is InChI=1S/C19H29NO2/c1-2-3-15-22-18-12-10-17(11-13-18)20-19(21)14-9-16-7-5-4-6-8-16/h10-13,16H,2-9,14-15H2,1H3,(H,20,21). The first-order chi connectivity index (χ1) is 10.8. The Morgan fingerprint density at radius 2 is 1.91 bits per heavy atom. The molecule has 1 N–H and O–H groups in total. The lowest BCUT2D eigenvalue weighted by molar-refractivity contribution is -0.116. The van der Waals surface area contributed by atoms with E-state index in [1.165, 1.54) is 32.1 Å². The molecule has 0 aromatic heterocycles. The molecule has 1 aromatic carbocycles. The highest BCUT2D eigenvalue weighted by Crippen LogP contribution is 2.27. The van der Waals surface area contributed by atoms with Gasteiger partial charge < -0.3 is 10.1 Å². The Labute approximate surface area is 134 Å². The van der Waals surface area contributed by atoms with Crippen molar-refractivity contribution in [3.63, 3.8) is 0 Å². The first kappa shape index (κ1) is 16.9. The minimum Gasteiger partial charge on any atom is -0.494 e. The van der Waals surface area contributed by atoms with Crippen LogP contribution in [0.4, 0.5) is 5.69 Å². The Bertz CT molecular complexity index is 435. The number of carbonyl (C=O) groups excluding carboxylic acids is 1. The Kier molecular flexibility index (Phi) is 7.27. The van der Waals surface area contributed by atoms with Crippen LogP contribution in [-0.2, 0) is 4.79 Å². The third-order valence-corrected chi connectivity index (χ3v) is 4.41. The number of anilines is 1. The number of amides is 1. The number of unbranched alkanes of at least 4 members (excludes halogenated alkanes) is 1. The van der Waals surface area contributed by atoms with Gasteiger partial charge in [0.15, 0.2) is 0 Å². The van der Waals surface area contributed by atoms with E-state index >= 15 is 0 Å². The molecular weight excluding hydrogens is 274 g/mol. The third kappa shape index (κ3) is 6.08. The van der Waals surface area contributed by atoms with Crippen molar-refractivity contribution in [1.82, 2.24) is 0 Å². The maximum Gasteiger partial charge on any atom is 0.224 e. The number of hydrogen-bond donors (Lipinski definition) is 1. The fraction of sp³-hybridized carbons (Fsp3) is 0.632. The lowest BCUT2D eigenvalue weighted by atomic mass is 9.86. The van der Waals surface area contributed by atoms with Gasteiger partial charge >= 0.3 is 0 Å². The number of rotatable bonds is 8. The van der Waals surface area contributed by atoms with Crippen LogP contribution < -0.4 is 10.1 Å². The molecule has 0 atom stereocenters. The van der Waals surface area contributed by atoms with Gasteiger partial charge in [0.1, 0.15) is 5.75 Å². The number of nitrogens with one attached hydrogen (secondary N) is 1. The highest BCUT2D eigenvalue weighted by Gasteiger charge is 2.14. The summed E-state index contributed by atoms with van der Waals surface area (Å²) in [5, 5.41) is 2.98. The molecule has 2 rings (SSSR count). The summed E-state index contributed by atoms with van der Waals surface area (Å²) in [5.74, 6) is 1.76. The van der Waals surface area contributed by atoms with Crippen molar-refractivity contribution >= 4 is 11.6 Å². The summed E-state index contributed by atoms with van der Waals surface area (Å²) in [5.41, 5.74) is 0.858. The van der Waals surface area contributed by atoms with Crippen molar-refractivity contribution in [2.75, 3.05) is 11.9 Å². The predicted octanol–water partition coefficient (Wildman–Crippen LogP) is 5.16. The van der Waals surface area contributed by atoms with Crippen LogP contribution in [0.3, 0.4) is 0 Å². The molecule has 22 heavy (non-hydrogen) atoms. The largest absolute Gasteiger partial charge is 0.494 e. The van der Waals surface area contributed by atoms with Crippen molar-refractivity contribution in [2.24, 2.45) is 5.92 Å². The lowest BCUT2D eigenvalue weighted by Gasteiger charge is -2.21. The van der Waals surface area contributed by atoms with Crippen LogP contribution in [0.2, 0.25) is 0 Å². The van der Waals surface area contributed by atoms with Gasteiger partial charge in [0.25, 0.3) is 0 Å². The molecule has 3 heteroatoms. The third-order valence-electron chi connectivity index (χ3n) is 4.41. The van der Waals surface area contributed by atoms with Gasteiger partial charge in [0.05, 0.1) is 6.61 Å². The highest BCUT2D eigenvalue weighted by molar-refractivity contribution is 5.90. The van der Waals surface area contributed by atoms with E-state index < -0.39 is 0 Å². The molecule has 0 spiro atoms. The van der Waals surface area contributed by atoms with E-state index in [4.69, 9.17) is 4.74 Å². The van der Waals surface area contributed by atoms with Gasteiger partial charge in [-0.15, -0.1) is 0 Å². The zero-order valence-corrected chi connectivity index (χ0v) is 13.8. The molecule has 0 bridgehead atoms. The molecular formula is C19H29NO2. The molecule has 0 radical (unpaired) electrons. The average Bonchev–Trinajstić information content (AvgIpc) is 2.56. The Balaban J connectivity index is 1.69. The van der Waals surface area contributed by atoms with E-state index in [0.717, 1.165) is 43.2 Å². The van der Waals surface area contributed by atoms with E-state index in [9.17, 15) is 4.79 Å². The zero-order valence-electron chi connectivity index (χ0n) is 13.8. The molecule has 1 aromatic rings. The molecule has 1 fully saturated rings. The second-order valence-corrected chi connectivity index (χ2v) is 6.32. The van der Waals surface area contributed by atoms with Crippen molar-refractivity contribution in [3.05, 3.63) is 24.3 Å². The van der Waals surface area contributed by atoms with Gasteiger partial charge in [0, 0.05) is 12.1 Å². The van der Waals surface area contributed by atoms with Crippen molar-refractivity contribution in [1.29, 1.82) is 0 Å². The van der Waals surface area contributed by atoms with E-state index in [-0.39, 0.29) is 5.91 Å². The zero-order chi connectivity index (χ0) is 15.6. The molecule has 1 aliphatic rings. The monoisotopic (exact) mass is 303 g/mol. The normalized spacial score (nSPS) is 15.5. The SMILES string of the molecule is CCCCOc1ccc(NC(=O)CCC2CCCCC2)cc1. The average molecular weight is 303 g/mol. The summed E-state index contributed by atoms with van der Waals surface area (Å²) < 4.78 is 5.62. The van der Waals surface area contributed by atoms with E-state index in [1.54, 1.807) is 0 Å². The summed E-state index contributed by atoms with van der Waals surface area (Å²) in [6, 6.07) is 7.68. The van der Waals surface area contributed by atoms with E-state index in [2.05, 4.69) is 12.2 Å². The van der Waals surface area contributed by atoms with Gasteiger partial charge in [-0.25, -0.2) is 0 Å². The Hall–Kier alpha value is -1.51. The summed E-state index contributed by atoms with van der Waals surface area (Å²) >= 11 is 0. The minimum atomic E-state index is 0.130. The first-order valence-electron chi connectivity index (χ1n) is 8.80. The van der Waals surface area contributed by atoms with Crippen molar-refractivity contribution in [3.8, 4) is 5.75 Å². The maximum atomic E-state index is 12.0. The summed E-state index contributed by atoms with van der Waals surface area (Å²) in [7, 11) is 0. The van der Waals surface area contributed by atoms with E-state index in [0.29, 0.717) is 6.42 Å². The Morgan fingerprint density at radius 1 is 1.18 bits per heavy atom. The highest BCUT2D eigenvalue weighted by atomic mass is 16.5. The number of hydrogen-bond acceptors (Lipinski definition) is 2. The van der Waals surface area contributed by atoms with Crippen LogP contribution in [0, 0.1) is 5.92 Å². The van der Waals surface area contributed by atoms with Crippen molar-refractivity contribution < 1.29 is 9.53 Å². The number of ether oxygens (including phenoxy) is 1. The number of benzene rings is 1. The molecule has 1 amide bonds. The topological polar surface area (TPSA) is 38.3 Å². The van der Waals surface area contributed by atoms with Crippen LogP contribution in [0.5, 0.6) is 5.75 Å². The first-order valence-corrected chi connectivity index (χ1v) is 8.80. The minimum absolute atomic E-state index is 0.130. The van der Waals surface area contributed by atoms with Gasteiger partial charge in [-0.2, -0.15) is 0 Å². The van der Waals surface area contributed by atoms with Gasteiger partial charge in [-0.1, -0.05) is 45.4 Å². The molecule has 122 valence electrons. The van der Waals surface area contributed by atoms with Crippen LogP contribution in [-0.4, -0.2) is 12.5 Å². The fourth-order valence-electron chi connectivity index (χ4n) is 3.00. The fourth-order valence-corrected chi connectivity index (χ4v) is 3.00. The molecule has 3 nitrogen and oxygen atoms in total. The van der Waals surface area contributed by atoms with Gasteiger partial charge in [-0.05, 0) is 43.0 Å². The molecule has 0 saturated heterocycles. The second-order valence-electron chi connectivity index (χ2n) is 6.32. The number of carbonyl (C=O) groups is 1. The van der Waals surface area contributed by atoms with Crippen LogP contribution in [0.1, 0.15) is 64.7 Å². The lowest BCUT2D eigenvalue weighted by Crippen LogP contribution is -2.14. The smallest absolute Gasteiger partial charge is 0.224 e. The predicted molar refractivity (Wildman–Crippen MR) is 91.3 cm³/mol. The maximum absolute atomic E-state index is 12.0. The Morgan fingerprint density at radius 3 is 2.59 bits per heavy atom.